The Morgan fingerprint density at radius 3 is 2.41 bits per heavy atom. The Kier molecular flexibility index (Phi) is 7.26. The van der Waals surface area contributed by atoms with Crippen molar-refractivity contribution < 1.29 is 14.0 Å². The number of methoxy groups -OCH3 is 1. The van der Waals surface area contributed by atoms with Gasteiger partial charge in [0.2, 0.25) is 0 Å². The third-order valence-corrected chi connectivity index (χ3v) is 14.0. The molecule has 0 amide bonds. The van der Waals surface area contributed by atoms with E-state index in [0.717, 1.165) is 25.7 Å². The maximum atomic E-state index is 13.8. The number of hydrogen-bond acceptors (Lipinski definition) is 3. The number of ether oxygens (including phenoxy) is 1. The average molecular weight is 522 g/mol. The number of fused-ring (bicyclic) bond motifs is 1. The number of carbonyl (C=O) groups is 1. The van der Waals surface area contributed by atoms with Crippen molar-refractivity contribution in [2.75, 3.05) is 7.11 Å². The van der Waals surface area contributed by atoms with Gasteiger partial charge in [-0.25, -0.2) is 4.79 Å². The van der Waals surface area contributed by atoms with Gasteiger partial charge in [-0.15, -0.1) is 0 Å². The standard InChI is InChI=1S/C27H41BrO3Si/c1-19-17-21(18-20-13-10-9-11-14-20)23-22(28)15-12-16-26(23,5)27(19,24(29)30-6)31-32(7,8)25(2,3)4/h9-11,13-14,18-19,22-23H,12,15-17H2,1-8H3/b21-18+/t19-,22+,23-,26+,27+/m1/s1. The van der Waals surface area contributed by atoms with Crippen molar-refractivity contribution in [2.24, 2.45) is 17.3 Å². The number of hydrogen-bond donors (Lipinski definition) is 0. The van der Waals surface area contributed by atoms with Gasteiger partial charge in [0.25, 0.3) is 0 Å². The van der Waals surface area contributed by atoms with Gasteiger partial charge in [0, 0.05) is 16.2 Å². The SMILES string of the molecule is COC(=O)[C@@]1(O[Si](C)(C)C(C)(C)C)[C@H](C)C/C(=C\c2ccccc2)[C@@H]2[C@@H](Br)CCC[C@@]21C. The Labute approximate surface area is 204 Å². The lowest BCUT2D eigenvalue weighted by Gasteiger charge is -2.63. The minimum atomic E-state index is -2.26. The van der Waals surface area contributed by atoms with Gasteiger partial charge in [-0.3, -0.25) is 0 Å². The molecule has 2 saturated carbocycles. The second kappa shape index (κ2) is 9.03. The van der Waals surface area contributed by atoms with Crippen LogP contribution in [0.4, 0.5) is 0 Å². The number of rotatable bonds is 4. The van der Waals surface area contributed by atoms with Gasteiger partial charge in [-0.2, -0.15) is 0 Å². The van der Waals surface area contributed by atoms with Crippen LogP contribution in [0.15, 0.2) is 35.9 Å². The van der Waals surface area contributed by atoms with E-state index in [-0.39, 0.29) is 28.3 Å². The Morgan fingerprint density at radius 2 is 1.84 bits per heavy atom. The molecule has 0 radical (unpaired) electrons. The number of alkyl halides is 1. The van der Waals surface area contributed by atoms with Crippen LogP contribution >= 0.6 is 15.9 Å². The predicted molar refractivity (Wildman–Crippen MR) is 139 cm³/mol. The van der Waals surface area contributed by atoms with E-state index in [9.17, 15) is 4.79 Å². The second-order valence-corrected chi connectivity index (χ2v) is 17.5. The van der Waals surface area contributed by atoms with Gasteiger partial charge in [-0.05, 0) is 48.9 Å². The molecule has 0 heterocycles. The van der Waals surface area contributed by atoms with Gasteiger partial charge >= 0.3 is 5.97 Å². The average Bonchev–Trinajstić information content (AvgIpc) is 2.70. The van der Waals surface area contributed by atoms with E-state index < -0.39 is 13.9 Å². The minimum absolute atomic E-state index is 0.00221. The van der Waals surface area contributed by atoms with E-state index in [1.54, 1.807) is 0 Å². The highest BCUT2D eigenvalue weighted by Crippen LogP contribution is 2.63. The van der Waals surface area contributed by atoms with Crippen LogP contribution in [0.2, 0.25) is 18.1 Å². The first kappa shape index (κ1) is 25.7. The zero-order valence-corrected chi connectivity index (χ0v) is 23.7. The maximum Gasteiger partial charge on any atom is 0.337 e. The van der Waals surface area contributed by atoms with Crippen molar-refractivity contribution >= 4 is 36.3 Å². The molecule has 1 aromatic rings. The van der Waals surface area contributed by atoms with Crippen LogP contribution < -0.4 is 0 Å². The number of carbonyl (C=O) groups excluding carboxylic acids is 1. The van der Waals surface area contributed by atoms with Gasteiger partial charge in [0.05, 0.1) is 7.11 Å². The number of allylic oxidation sites excluding steroid dienone is 1. The molecule has 0 aromatic heterocycles. The zero-order chi connectivity index (χ0) is 23.9. The molecule has 5 heteroatoms. The second-order valence-electron chi connectivity index (χ2n) is 11.6. The van der Waals surface area contributed by atoms with Crippen LogP contribution in [0.3, 0.4) is 0 Å². The lowest BCUT2D eigenvalue weighted by atomic mass is 9.49. The van der Waals surface area contributed by atoms with Gasteiger partial charge in [-0.1, -0.05) is 99.0 Å². The summed E-state index contributed by atoms with van der Waals surface area (Å²) in [7, 11) is -0.741. The first-order valence-electron chi connectivity index (χ1n) is 12.0. The monoisotopic (exact) mass is 520 g/mol. The van der Waals surface area contributed by atoms with Crippen LogP contribution in [-0.4, -0.2) is 31.8 Å². The normalized spacial score (nSPS) is 34.8. The molecule has 5 atom stereocenters. The summed E-state index contributed by atoms with van der Waals surface area (Å²) in [6, 6.07) is 10.6. The lowest BCUT2D eigenvalue weighted by Crippen LogP contribution is -2.70. The van der Waals surface area contributed by atoms with Crippen molar-refractivity contribution in [1.82, 2.24) is 0 Å². The fourth-order valence-electron chi connectivity index (χ4n) is 5.94. The van der Waals surface area contributed by atoms with E-state index in [1.165, 1.54) is 18.2 Å². The lowest BCUT2D eigenvalue weighted by molar-refractivity contribution is -0.199. The molecular formula is C27H41BrO3Si. The molecule has 3 rings (SSSR count). The summed E-state index contributed by atoms with van der Waals surface area (Å²) in [5.41, 5.74) is 1.35. The maximum absolute atomic E-state index is 13.8. The molecule has 0 saturated heterocycles. The molecule has 32 heavy (non-hydrogen) atoms. The van der Waals surface area contributed by atoms with E-state index in [2.05, 4.69) is 100 Å². The van der Waals surface area contributed by atoms with Crippen LogP contribution in [0.5, 0.6) is 0 Å². The van der Waals surface area contributed by atoms with Gasteiger partial charge in [0.1, 0.15) is 0 Å². The first-order valence-corrected chi connectivity index (χ1v) is 15.8. The zero-order valence-electron chi connectivity index (χ0n) is 21.1. The summed E-state index contributed by atoms with van der Waals surface area (Å²) in [6.07, 6.45) is 6.33. The molecule has 2 fully saturated rings. The van der Waals surface area contributed by atoms with E-state index in [1.807, 2.05) is 0 Å². The molecule has 2 aliphatic carbocycles. The molecule has 0 spiro atoms. The molecule has 2 aliphatic rings. The largest absolute Gasteiger partial charge is 0.467 e. The van der Waals surface area contributed by atoms with Crippen molar-refractivity contribution in [1.29, 1.82) is 0 Å². The number of halogens is 1. The third-order valence-electron chi connectivity index (χ3n) is 8.57. The smallest absolute Gasteiger partial charge is 0.337 e. The summed E-state index contributed by atoms with van der Waals surface area (Å²) < 4.78 is 12.8. The Hall–Kier alpha value is -0.913. The molecule has 0 N–H and O–H groups in total. The highest BCUT2D eigenvalue weighted by atomic mass is 79.9. The van der Waals surface area contributed by atoms with Crippen molar-refractivity contribution in [3.05, 3.63) is 41.5 Å². The van der Waals surface area contributed by atoms with Crippen LogP contribution in [-0.2, 0) is 14.0 Å². The minimum Gasteiger partial charge on any atom is -0.467 e. The van der Waals surface area contributed by atoms with Gasteiger partial charge < -0.3 is 9.16 Å². The fourth-order valence-corrected chi connectivity index (χ4v) is 8.82. The van der Waals surface area contributed by atoms with E-state index in [4.69, 9.17) is 9.16 Å². The molecule has 3 nitrogen and oxygen atoms in total. The van der Waals surface area contributed by atoms with Crippen molar-refractivity contribution in [3.8, 4) is 0 Å². The van der Waals surface area contributed by atoms with Crippen LogP contribution in [0.25, 0.3) is 6.08 Å². The Balaban J connectivity index is 2.21. The fraction of sp³-hybridized carbons (Fsp3) is 0.667. The number of benzene rings is 1. The van der Waals surface area contributed by atoms with Gasteiger partial charge in [0.15, 0.2) is 13.9 Å². The highest BCUT2D eigenvalue weighted by molar-refractivity contribution is 9.09. The Morgan fingerprint density at radius 1 is 1.22 bits per heavy atom. The first-order chi connectivity index (χ1) is 14.8. The predicted octanol–water partition coefficient (Wildman–Crippen LogP) is 7.61. The molecule has 0 unspecified atom stereocenters. The molecule has 1 aromatic carbocycles. The topological polar surface area (TPSA) is 35.5 Å². The molecule has 0 bridgehead atoms. The van der Waals surface area contributed by atoms with Crippen molar-refractivity contribution in [2.45, 2.75) is 88.9 Å². The summed E-state index contributed by atoms with van der Waals surface area (Å²) in [6.45, 7) is 15.7. The third kappa shape index (κ3) is 4.18. The molecule has 0 aliphatic heterocycles. The summed E-state index contributed by atoms with van der Waals surface area (Å²) in [5.74, 6) is 0.0531. The molecule has 178 valence electrons. The Bertz CT molecular complexity index is 859. The quantitative estimate of drug-likeness (QED) is 0.232. The summed E-state index contributed by atoms with van der Waals surface area (Å²) >= 11 is 4.04. The number of esters is 1. The highest BCUT2D eigenvalue weighted by Gasteiger charge is 2.68. The van der Waals surface area contributed by atoms with Crippen LogP contribution in [0.1, 0.15) is 65.9 Å². The summed E-state index contributed by atoms with van der Waals surface area (Å²) in [5, 5.41) is 0.00221. The van der Waals surface area contributed by atoms with Crippen LogP contribution in [0, 0.1) is 17.3 Å². The molecular weight excluding hydrogens is 480 g/mol. The summed E-state index contributed by atoms with van der Waals surface area (Å²) in [4.78, 5) is 14.1. The van der Waals surface area contributed by atoms with E-state index >= 15 is 0 Å². The van der Waals surface area contributed by atoms with E-state index in [0.29, 0.717) is 4.83 Å². The van der Waals surface area contributed by atoms with Crippen molar-refractivity contribution in [3.63, 3.8) is 0 Å².